The van der Waals surface area contributed by atoms with Crippen molar-refractivity contribution in [2.75, 3.05) is 11.9 Å². The molecule has 2 saturated heterocycles. The predicted molar refractivity (Wildman–Crippen MR) is 124 cm³/mol. The maximum absolute atomic E-state index is 14.2. The van der Waals surface area contributed by atoms with Crippen LogP contribution < -0.4 is 5.32 Å². The lowest BCUT2D eigenvalue weighted by atomic mass is 9.69. The number of nitrogens with zero attached hydrogens (tertiary/aromatic N) is 3. The first-order valence-corrected chi connectivity index (χ1v) is 11.4. The zero-order valence-corrected chi connectivity index (χ0v) is 18.3. The number of para-hydroxylation sites is 1. The summed E-state index contributed by atoms with van der Waals surface area (Å²) >= 11 is 0. The molecule has 34 heavy (non-hydrogen) atoms. The second-order valence-electron chi connectivity index (χ2n) is 9.13. The molecule has 0 unspecified atom stereocenters. The van der Waals surface area contributed by atoms with Gasteiger partial charge in [0.2, 0.25) is 5.91 Å². The van der Waals surface area contributed by atoms with Gasteiger partial charge in [0.25, 0.3) is 5.69 Å². The summed E-state index contributed by atoms with van der Waals surface area (Å²) in [5.41, 5.74) is 1.44. The van der Waals surface area contributed by atoms with Crippen LogP contribution in [-0.4, -0.2) is 39.1 Å². The third-order valence-corrected chi connectivity index (χ3v) is 7.60. The Morgan fingerprint density at radius 3 is 2.79 bits per heavy atom. The van der Waals surface area contributed by atoms with E-state index in [9.17, 15) is 19.7 Å². The van der Waals surface area contributed by atoms with Gasteiger partial charge in [-0.25, -0.2) is 0 Å². The van der Waals surface area contributed by atoms with Crippen LogP contribution >= 0.6 is 0 Å². The smallest absolute Gasteiger partial charge is 0.269 e. The van der Waals surface area contributed by atoms with E-state index in [1.165, 1.54) is 12.3 Å². The molecule has 2 fully saturated rings. The Labute approximate surface area is 195 Å². The van der Waals surface area contributed by atoms with Gasteiger partial charge < -0.3 is 5.32 Å². The number of hydrogen-bond acceptors (Lipinski definition) is 6. The number of benzene rings is 2. The van der Waals surface area contributed by atoms with E-state index in [2.05, 4.69) is 15.2 Å². The van der Waals surface area contributed by atoms with Crippen LogP contribution in [0, 0.1) is 16.0 Å². The van der Waals surface area contributed by atoms with Crippen molar-refractivity contribution in [3.63, 3.8) is 0 Å². The quantitative estimate of drug-likeness (QED) is 0.364. The minimum Gasteiger partial charge on any atom is -0.324 e. The van der Waals surface area contributed by atoms with Gasteiger partial charge in [0.1, 0.15) is 5.54 Å². The summed E-state index contributed by atoms with van der Waals surface area (Å²) in [6.07, 6.45) is 4.83. The number of amides is 1. The van der Waals surface area contributed by atoms with Crippen LogP contribution in [0.4, 0.5) is 11.4 Å². The topological polar surface area (TPSA) is 105 Å². The lowest BCUT2D eigenvalue weighted by molar-refractivity contribution is -0.384. The van der Waals surface area contributed by atoms with Crippen molar-refractivity contribution in [2.24, 2.45) is 5.92 Å². The molecule has 4 heterocycles. The van der Waals surface area contributed by atoms with Crippen LogP contribution in [0.1, 0.15) is 40.2 Å². The molecular weight excluding hydrogens is 432 g/mol. The Bertz CT molecular complexity index is 1330. The molecule has 8 nitrogen and oxygen atoms in total. The SMILES string of the molecule is O=C(c1cccnc1)[C@@H]1[C@@H](c2cccc([N+](=O)[O-])c2)[C@@H]2CCCN2[C@]12C(=O)Nc1ccccc12. The number of pyridine rings is 1. The fraction of sp³-hybridized carbons (Fsp3) is 0.269. The Hall–Kier alpha value is -3.91. The second kappa shape index (κ2) is 7.56. The number of carbonyl (C=O) groups is 2. The van der Waals surface area contributed by atoms with Gasteiger partial charge in [0.15, 0.2) is 5.78 Å². The Kier molecular flexibility index (Phi) is 4.60. The number of nitrogens with one attached hydrogen (secondary N) is 1. The van der Waals surface area contributed by atoms with E-state index < -0.39 is 16.4 Å². The molecule has 3 aliphatic rings. The minimum absolute atomic E-state index is 0.0214. The van der Waals surface area contributed by atoms with Crippen LogP contribution in [0.25, 0.3) is 0 Å². The lowest BCUT2D eigenvalue weighted by Gasteiger charge is -2.36. The van der Waals surface area contributed by atoms with Crippen molar-refractivity contribution in [1.29, 1.82) is 0 Å². The fourth-order valence-electron chi connectivity index (χ4n) is 6.42. The van der Waals surface area contributed by atoms with E-state index in [1.807, 2.05) is 30.3 Å². The van der Waals surface area contributed by atoms with Crippen LogP contribution in [0.3, 0.4) is 0 Å². The highest BCUT2D eigenvalue weighted by Crippen LogP contribution is 2.61. The first-order chi connectivity index (χ1) is 16.5. The van der Waals surface area contributed by atoms with Crippen molar-refractivity contribution >= 4 is 23.1 Å². The Balaban J connectivity index is 1.62. The van der Waals surface area contributed by atoms with Gasteiger partial charge in [-0.15, -0.1) is 0 Å². The number of anilines is 1. The fourth-order valence-corrected chi connectivity index (χ4v) is 6.42. The number of non-ortho nitro benzene ring substituents is 1. The summed E-state index contributed by atoms with van der Waals surface area (Å²) in [5.74, 6) is -1.53. The van der Waals surface area contributed by atoms with Crippen molar-refractivity contribution in [3.8, 4) is 0 Å². The Morgan fingerprint density at radius 2 is 2.00 bits per heavy atom. The molecule has 0 aliphatic carbocycles. The van der Waals surface area contributed by atoms with Crippen molar-refractivity contribution < 1.29 is 14.5 Å². The number of nitro groups is 1. The van der Waals surface area contributed by atoms with Crippen molar-refractivity contribution in [3.05, 3.63) is 99.9 Å². The Morgan fingerprint density at radius 1 is 1.15 bits per heavy atom. The van der Waals surface area contributed by atoms with Gasteiger partial charge in [-0.2, -0.15) is 0 Å². The monoisotopic (exact) mass is 454 g/mol. The summed E-state index contributed by atoms with van der Waals surface area (Å²) in [6.45, 7) is 0.675. The van der Waals surface area contributed by atoms with E-state index in [0.29, 0.717) is 23.4 Å². The average molecular weight is 454 g/mol. The molecule has 8 heteroatoms. The first kappa shape index (κ1) is 20.7. The molecule has 1 N–H and O–H groups in total. The second-order valence-corrected chi connectivity index (χ2v) is 9.13. The number of Topliss-reactive ketones (excluding diaryl/α,β-unsaturated/α-hetero) is 1. The molecule has 6 rings (SSSR count). The van der Waals surface area contributed by atoms with E-state index in [1.54, 1.807) is 30.5 Å². The number of ketones is 1. The van der Waals surface area contributed by atoms with Gasteiger partial charge in [0, 0.05) is 53.3 Å². The molecule has 1 amide bonds. The molecule has 1 aromatic heterocycles. The standard InChI is InChI=1S/C26H22N4O4/c31-24(17-7-4-12-27-15-17)23-22(16-6-3-8-18(14-16)30(33)34)21-11-5-13-29(21)26(23)19-9-1-2-10-20(19)28-25(26)32/h1-4,6-10,12,14-15,21-23H,5,11,13H2,(H,28,32)/t21-,22-,23-,26-/m0/s1. The van der Waals surface area contributed by atoms with Gasteiger partial charge >= 0.3 is 0 Å². The summed E-state index contributed by atoms with van der Waals surface area (Å²) < 4.78 is 0. The normalized spacial score (nSPS) is 27.4. The van der Waals surface area contributed by atoms with Crippen molar-refractivity contribution in [2.45, 2.75) is 30.3 Å². The third-order valence-electron chi connectivity index (χ3n) is 7.60. The number of nitro benzene ring substituents is 1. The molecule has 0 radical (unpaired) electrons. The van der Waals surface area contributed by atoms with Gasteiger partial charge in [-0.05, 0) is 43.1 Å². The maximum Gasteiger partial charge on any atom is 0.269 e. The molecule has 1 spiro atoms. The van der Waals surface area contributed by atoms with E-state index >= 15 is 0 Å². The zero-order valence-electron chi connectivity index (χ0n) is 18.3. The number of rotatable bonds is 4. The zero-order chi connectivity index (χ0) is 23.4. The number of hydrogen-bond donors (Lipinski definition) is 1. The van der Waals surface area contributed by atoms with Gasteiger partial charge in [-0.3, -0.25) is 29.6 Å². The third kappa shape index (κ3) is 2.72. The minimum atomic E-state index is -1.18. The van der Waals surface area contributed by atoms with Crippen LogP contribution in [0.2, 0.25) is 0 Å². The lowest BCUT2D eigenvalue weighted by Crippen LogP contribution is -2.52. The molecule has 4 atom stereocenters. The van der Waals surface area contributed by atoms with E-state index in [-0.39, 0.29) is 29.3 Å². The number of carbonyl (C=O) groups excluding carboxylic acids is 2. The summed E-state index contributed by atoms with van der Waals surface area (Å²) in [4.78, 5) is 45.5. The molecular formula is C26H22N4O4. The van der Waals surface area contributed by atoms with Crippen molar-refractivity contribution in [1.82, 2.24) is 9.88 Å². The summed E-state index contributed by atoms with van der Waals surface area (Å²) in [6, 6.07) is 17.4. The summed E-state index contributed by atoms with van der Waals surface area (Å²) in [7, 11) is 0. The number of aromatic nitrogens is 1. The molecule has 0 bridgehead atoms. The molecule has 3 aliphatic heterocycles. The highest BCUT2D eigenvalue weighted by molar-refractivity contribution is 6.12. The molecule has 0 saturated carbocycles. The highest BCUT2D eigenvalue weighted by atomic mass is 16.6. The van der Waals surface area contributed by atoms with Crippen LogP contribution in [-0.2, 0) is 10.3 Å². The summed E-state index contributed by atoms with van der Waals surface area (Å²) in [5, 5.41) is 14.6. The average Bonchev–Trinajstić information content (AvgIpc) is 3.52. The number of fused-ring (bicyclic) bond motifs is 4. The van der Waals surface area contributed by atoms with Gasteiger partial charge in [-0.1, -0.05) is 30.3 Å². The maximum atomic E-state index is 14.2. The predicted octanol–water partition coefficient (Wildman–Crippen LogP) is 3.90. The van der Waals surface area contributed by atoms with Crippen LogP contribution in [0.15, 0.2) is 73.1 Å². The van der Waals surface area contributed by atoms with E-state index in [0.717, 1.165) is 18.4 Å². The highest BCUT2D eigenvalue weighted by Gasteiger charge is 2.69. The van der Waals surface area contributed by atoms with E-state index in [4.69, 9.17) is 0 Å². The molecule has 170 valence electrons. The van der Waals surface area contributed by atoms with Crippen LogP contribution in [0.5, 0.6) is 0 Å². The van der Waals surface area contributed by atoms with Gasteiger partial charge in [0.05, 0.1) is 10.8 Å². The largest absolute Gasteiger partial charge is 0.324 e. The first-order valence-electron chi connectivity index (χ1n) is 11.4. The molecule has 2 aromatic carbocycles. The molecule has 3 aromatic rings.